The summed E-state index contributed by atoms with van der Waals surface area (Å²) in [5, 5.41) is 77.3. The summed E-state index contributed by atoms with van der Waals surface area (Å²) in [5.74, 6) is -2.03. The van der Waals surface area contributed by atoms with E-state index in [0.29, 0.717) is 12.0 Å². The maximum atomic E-state index is 13.3. The SMILES string of the molecule is CC(C)[C@@H](O)C[C@@H](O)[C@](C)(O)[C@H]1CCC2(O)C3=CC(=O)[C@@H]4C[C@@H](O)[C@@H](O)C[C@]4(C)[C@H]3[C@H](O)C[C@]12C. The van der Waals surface area contributed by atoms with E-state index in [4.69, 9.17) is 0 Å². The van der Waals surface area contributed by atoms with Crippen LogP contribution >= 0.6 is 0 Å². The molecule has 0 aromatic carbocycles. The van der Waals surface area contributed by atoms with Gasteiger partial charge in [0.15, 0.2) is 5.78 Å². The Morgan fingerprint density at radius 1 is 1.09 bits per heavy atom. The maximum Gasteiger partial charge on any atom is 0.159 e. The molecule has 0 spiro atoms. The summed E-state index contributed by atoms with van der Waals surface area (Å²) in [6.45, 7) is 8.87. The summed E-state index contributed by atoms with van der Waals surface area (Å²) in [6.07, 6.45) is -2.52. The molecule has 35 heavy (non-hydrogen) atoms. The molecule has 0 heterocycles. The van der Waals surface area contributed by atoms with Crippen molar-refractivity contribution < 1.29 is 40.5 Å². The first-order valence-electron chi connectivity index (χ1n) is 13.1. The summed E-state index contributed by atoms with van der Waals surface area (Å²) >= 11 is 0. The smallest absolute Gasteiger partial charge is 0.159 e. The molecule has 0 aromatic rings. The largest absolute Gasteiger partial charge is 0.393 e. The highest BCUT2D eigenvalue weighted by Gasteiger charge is 2.71. The Morgan fingerprint density at radius 3 is 2.31 bits per heavy atom. The third kappa shape index (κ3) is 3.78. The number of allylic oxidation sites excluding steroid dienone is 1. The van der Waals surface area contributed by atoms with E-state index in [1.165, 1.54) is 13.0 Å². The first-order chi connectivity index (χ1) is 16.0. The maximum absolute atomic E-state index is 13.3. The molecule has 0 aliphatic heterocycles. The minimum absolute atomic E-state index is 0.0119. The zero-order chi connectivity index (χ0) is 26.3. The van der Waals surface area contributed by atoms with E-state index in [2.05, 4.69) is 0 Å². The summed E-state index contributed by atoms with van der Waals surface area (Å²) in [7, 11) is 0. The summed E-state index contributed by atoms with van der Waals surface area (Å²) in [4.78, 5) is 13.3. The molecule has 0 aromatic heterocycles. The van der Waals surface area contributed by atoms with Crippen LogP contribution in [0.15, 0.2) is 11.6 Å². The molecular weight excluding hydrogens is 452 g/mol. The van der Waals surface area contributed by atoms with Gasteiger partial charge in [-0.15, -0.1) is 0 Å². The Balaban J connectivity index is 1.72. The Labute approximate surface area is 207 Å². The molecule has 3 fully saturated rings. The van der Waals surface area contributed by atoms with Crippen molar-refractivity contribution in [1.29, 1.82) is 0 Å². The molecule has 200 valence electrons. The van der Waals surface area contributed by atoms with Gasteiger partial charge in [0.2, 0.25) is 0 Å². The lowest BCUT2D eigenvalue weighted by Gasteiger charge is -2.62. The first-order valence-corrected chi connectivity index (χ1v) is 13.1. The van der Waals surface area contributed by atoms with Gasteiger partial charge in [-0.3, -0.25) is 4.79 Å². The highest BCUT2D eigenvalue weighted by Crippen LogP contribution is 2.68. The Hall–Kier alpha value is -0.870. The molecular formula is C27H44O8. The number of rotatable bonds is 5. The van der Waals surface area contributed by atoms with Crippen molar-refractivity contribution in [2.24, 2.45) is 34.5 Å². The second-order valence-electron chi connectivity index (χ2n) is 13.0. The third-order valence-corrected chi connectivity index (χ3v) is 10.7. The minimum atomic E-state index is -1.64. The van der Waals surface area contributed by atoms with Crippen molar-refractivity contribution in [1.82, 2.24) is 0 Å². The molecule has 0 saturated heterocycles. The van der Waals surface area contributed by atoms with Crippen molar-refractivity contribution >= 4 is 5.78 Å². The van der Waals surface area contributed by atoms with E-state index in [1.807, 2.05) is 27.7 Å². The van der Waals surface area contributed by atoms with Gasteiger partial charge >= 0.3 is 0 Å². The summed E-state index contributed by atoms with van der Waals surface area (Å²) < 4.78 is 0. The summed E-state index contributed by atoms with van der Waals surface area (Å²) in [5.41, 5.74) is -4.53. The molecule has 4 rings (SSSR count). The van der Waals surface area contributed by atoms with E-state index in [0.717, 1.165) is 0 Å². The fourth-order valence-corrected chi connectivity index (χ4v) is 8.40. The molecule has 4 aliphatic carbocycles. The molecule has 4 aliphatic rings. The van der Waals surface area contributed by atoms with Gasteiger partial charge in [-0.1, -0.05) is 27.7 Å². The van der Waals surface area contributed by atoms with Gasteiger partial charge in [-0.25, -0.2) is 0 Å². The molecule has 0 bridgehead atoms. The van der Waals surface area contributed by atoms with Crippen molar-refractivity contribution in [3.63, 3.8) is 0 Å². The Kier molecular flexibility index (Phi) is 6.66. The van der Waals surface area contributed by atoms with E-state index in [9.17, 15) is 40.5 Å². The van der Waals surface area contributed by atoms with Gasteiger partial charge in [-0.05, 0) is 67.9 Å². The zero-order valence-electron chi connectivity index (χ0n) is 21.6. The van der Waals surface area contributed by atoms with Crippen LogP contribution in [0.25, 0.3) is 0 Å². The lowest BCUT2D eigenvalue weighted by Crippen LogP contribution is -2.66. The lowest BCUT2D eigenvalue weighted by atomic mass is 9.44. The number of hydrogen-bond donors (Lipinski definition) is 7. The van der Waals surface area contributed by atoms with Crippen molar-refractivity contribution in [3.8, 4) is 0 Å². The van der Waals surface area contributed by atoms with E-state index in [-0.39, 0.29) is 43.8 Å². The van der Waals surface area contributed by atoms with E-state index >= 15 is 0 Å². The minimum Gasteiger partial charge on any atom is -0.393 e. The Bertz CT molecular complexity index is 884. The molecule has 8 heteroatoms. The lowest BCUT2D eigenvalue weighted by molar-refractivity contribution is -0.198. The van der Waals surface area contributed by atoms with Crippen LogP contribution in [0.3, 0.4) is 0 Å². The highest BCUT2D eigenvalue weighted by molar-refractivity contribution is 5.95. The molecule has 1 unspecified atom stereocenters. The number of fused-ring (bicyclic) bond motifs is 5. The van der Waals surface area contributed by atoms with Crippen LogP contribution in [-0.2, 0) is 4.79 Å². The van der Waals surface area contributed by atoms with Gasteiger partial charge in [0.1, 0.15) is 0 Å². The summed E-state index contributed by atoms with van der Waals surface area (Å²) in [6, 6.07) is 0. The molecule has 0 radical (unpaired) electrons. The number of carbonyl (C=O) groups excluding carboxylic acids is 1. The second kappa shape index (κ2) is 8.58. The van der Waals surface area contributed by atoms with Gasteiger partial charge < -0.3 is 35.7 Å². The van der Waals surface area contributed by atoms with Crippen LogP contribution in [0.2, 0.25) is 0 Å². The molecule has 12 atom stereocenters. The first kappa shape index (κ1) is 27.2. The number of ketones is 1. The molecule has 3 saturated carbocycles. The topological polar surface area (TPSA) is 159 Å². The van der Waals surface area contributed by atoms with Crippen LogP contribution in [-0.4, -0.2) is 83.3 Å². The number of aliphatic hydroxyl groups is 7. The van der Waals surface area contributed by atoms with Gasteiger partial charge in [-0.2, -0.15) is 0 Å². The predicted molar refractivity (Wildman–Crippen MR) is 128 cm³/mol. The standard InChI is InChI=1S/C27H44O8/c1-13(2)16(28)10-22(33)26(5,34)21-6-7-27(35)15-9-17(29)14-8-18(30)19(31)11-24(14,3)23(15)20(32)12-25(21,27)4/h9,13-14,16,18-23,28,30-35H,6-8,10-12H2,1-5H3/t14-,16-,18+,19-,20+,21-,22+,23+,24-,25+,26+,27?/m0/s1. The van der Waals surface area contributed by atoms with Crippen LogP contribution in [0.1, 0.15) is 73.1 Å². The number of carbonyl (C=O) groups is 1. The third-order valence-electron chi connectivity index (χ3n) is 10.7. The van der Waals surface area contributed by atoms with Crippen molar-refractivity contribution in [3.05, 3.63) is 11.6 Å². The van der Waals surface area contributed by atoms with Crippen molar-refractivity contribution in [2.45, 2.75) is 115 Å². The van der Waals surface area contributed by atoms with Gasteiger partial charge in [0.25, 0.3) is 0 Å². The fraction of sp³-hybridized carbons (Fsp3) is 0.889. The van der Waals surface area contributed by atoms with E-state index in [1.54, 1.807) is 0 Å². The normalized spacial score (nSPS) is 48.9. The van der Waals surface area contributed by atoms with Crippen LogP contribution < -0.4 is 0 Å². The average molecular weight is 497 g/mol. The average Bonchev–Trinajstić information content (AvgIpc) is 3.01. The molecule has 7 N–H and O–H groups in total. The van der Waals surface area contributed by atoms with Gasteiger partial charge in [0, 0.05) is 23.7 Å². The van der Waals surface area contributed by atoms with Crippen LogP contribution in [0.5, 0.6) is 0 Å². The molecule has 0 amide bonds. The van der Waals surface area contributed by atoms with Crippen LogP contribution in [0.4, 0.5) is 0 Å². The van der Waals surface area contributed by atoms with Crippen molar-refractivity contribution in [2.75, 3.05) is 0 Å². The zero-order valence-corrected chi connectivity index (χ0v) is 21.6. The number of hydrogen-bond acceptors (Lipinski definition) is 8. The Morgan fingerprint density at radius 2 is 1.71 bits per heavy atom. The predicted octanol–water partition coefficient (Wildman–Crippen LogP) is 0.681. The van der Waals surface area contributed by atoms with E-state index < -0.39 is 70.3 Å². The fourth-order valence-electron chi connectivity index (χ4n) is 8.40. The van der Waals surface area contributed by atoms with Crippen LogP contribution in [0, 0.1) is 34.5 Å². The van der Waals surface area contributed by atoms with Gasteiger partial charge in [0.05, 0.1) is 41.7 Å². The second-order valence-corrected chi connectivity index (χ2v) is 13.0. The monoisotopic (exact) mass is 496 g/mol. The number of aliphatic hydroxyl groups excluding tert-OH is 5. The quantitative estimate of drug-likeness (QED) is 0.293. The highest BCUT2D eigenvalue weighted by atomic mass is 16.3. The molecule has 8 nitrogen and oxygen atoms in total.